The predicted molar refractivity (Wildman–Crippen MR) is 95.3 cm³/mol. The van der Waals surface area contributed by atoms with Gasteiger partial charge in [0.1, 0.15) is 0 Å². The lowest BCUT2D eigenvalue weighted by Gasteiger charge is -2.21. The van der Waals surface area contributed by atoms with Crippen LogP contribution < -0.4 is 5.32 Å². The molecule has 0 radical (unpaired) electrons. The Kier molecular flexibility index (Phi) is 5.90. The van der Waals surface area contributed by atoms with Gasteiger partial charge in [0.2, 0.25) is 5.91 Å². The van der Waals surface area contributed by atoms with E-state index in [4.69, 9.17) is 0 Å². The molecular weight excluding hydrogens is 320 g/mol. The van der Waals surface area contributed by atoms with Gasteiger partial charge in [-0.3, -0.25) is 4.79 Å². The van der Waals surface area contributed by atoms with Gasteiger partial charge in [-0.25, -0.2) is 0 Å². The zero-order valence-corrected chi connectivity index (χ0v) is 15.0. The molecule has 0 spiro atoms. The first-order chi connectivity index (χ1) is 11.9. The molecule has 0 aliphatic heterocycles. The van der Waals surface area contributed by atoms with Gasteiger partial charge in [-0.05, 0) is 37.2 Å². The molecule has 7 nitrogen and oxygen atoms in total. The molecule has 25 heavy (non-hydrogen) atoms. The summed E-state index contributed by atoms with van der Waals surface area (Å²) in [6, 6.07) is 8.75. The van der Waals surface area contributed by atoms with Crippen molar-refractivity contribution in [1.82, 2.24) is 15.1 Å². The first-order valence-electron chi connectivity index (χ1n) is 8.44. The van der Waals surface area contributed by atoms with E-state index in [1.165, 1.54) is 10.7 Å². The highest BCUT2D eigenvalue weighted by molar-refractivity contribution is 5.80. The highest BCUT2D eigenvalue weighted by Crippen LogP contribution is 2.22. The lowest BCUT2D eigenvalue weighted by atomic mass is 10.0. The molecule has 2 atom stereocenters. The van der Waals surface area contributed by atoms with Crippen molar-refractivity contribution in [3.8, 4) is 0 Å². The zero-order chi connectivity index (χ0) is 18.6. The SMILES string of the molecule is CCC(NC(=O)C(CC)n1nc([N+](=O)[O-])cc1C)c1ccc(C)cc1. The van der Waals surface area contributed by atoms with E-state index < -0.39 is 11.0 Å². The van der Waals surface area contributed by atoms with Crippen LogP contribution in [0.4, 0.5) is 5.82 Å². The van der Waals surface area contributed by atoms with E-state index in [9.17, 15) is 14.9 Å². The van der Waals surface area contributed by atoms with Crippen molar-refractivity contribution in [2.24, 2.45) is 0 Å². The summed E-state index contributed by atoms with van der Waals surface area (Å²) in [5.41, 5.74) is 2.80. The Morgan fingerprint density at radius 2 is 1.88 bits per heavy atom. The Balaban J connectivity index is 2.21. The number of rotatable bonds is 7. The number of carbonyl (C=O) groups is 1. The largest absolute Gasteiger partial charge is 0.390 e. The number of benzene rings is 1. The number of hydrogen-bond acceptors (Lipinski definition) is 4. The Hall–Kier alpha value is -2.70. The van der Waals surface area contributed by atoms with Crippen molar-refractivity contribution in [2.75, 3.05) is 0 Å². The second-order valence-electron chi connectivity index (χ2n) is 6.15. The topological polar surface area (TPSA) is 90.1 Å². The second kappa shape index (κ2) is 7.92. The van der Waals surface area contributed by atoms with Crippen LogP contribution in [-0.2, 0) is 4.79 Å². The molecule has 1 N–H and O–H groups in total. The molecule has 2 aromatic rings. The molecule has 0 aliphatic rings. The molecule has 2 rings (SSSR count). The van der Waals surface area contributed by atoms with Gasteiger partial charge in [0.05, 0.1) is 22.9 Å². The molecule has 1 aromatic heterocycles. The van der Waals surface area contributed by atoms with E-state index >= 15 is 0 Å². The van der Waals surface area contributed by atoms with Crippen LogP contribution in [0.3, 0.4) is 0 Å². The average Bonchev–Trinajstić information content (AvgIpc) is 2.96. The molecule has 1 heterocycles. The second-order valence-corrected chi connectivity index (χ2v) is 6.15. The third-order valence-corrected chi connectivity index (χ3v) is 4.29. The normalized spacial score (nSPS) is 13.3. The van der Waals surface area contributed by atoms with Gasteiger partial charge in [-0.15, -0.1) is 0 Å². The molecule has 0 saturated carbocycles. The quantitative estimate of drug-likeness (QED) is 0.613. The van der Waals surface area contributed by atoms with Crippen LogP contribution in [0.1, 0.15) is 55.6 Å². The van der Waals surface area contributed by atoms with Crippen molar-refractivity contribution in [3.63, 3.8) is 0 Å². The fourth-order valence-electron chi connectivity index (χ4n) is 2.83. The molecule has 134 valence electrons. The average molecular weight is 344 g/mol. The summed E-state index contributed by atoms with van der Waals surface area (Å²) in [4.78, 5) is 23.1. The van der Waals surface area contributed by atoms with E-state index in [1.807, 2.05) is 45.0 Å². The Labute approximate surface area is 147 Å². The van der Waals surface area contributed by atoms with Gasteiger partial charge in [-0.1, -0.05) is 43.7 Å². The monoisotopic (exact) mass is 344 g/mol. The van der Waals surface area contributed by atoms with E-state index in [0.29, 0.717) is 12.1 Å². The molecule has 0 saturated heterocycles. The van der Waals surface area contributed by atoms with Crippen LogP contribution in [0.5, 0.6) is 0 Å². The minimum atomic E-state index is -0.576. The van der Waals surface area contributed by atoms with Crippen LogP contribution in [0.15, 0.2) is 30.3 Å². The highest BCUT2D eigenvalue weighted by Gasteiger charge is 2.28. The summed E-state index contributed by atoms with van der Waals surface area (Å²) in [6.45, 7) is 7.61. The lowest BCUT2D eigenvalue weighted by molar-refractivity contribution is -0.389. The van der Waals surface area contributed by atoms with E-state index in [-0.39, 0.29) is 17.8 Å². The summed E-state index contributed by atoms with van der Waals surface area (Å²) >= 11 is 0. The number of nitrogens with zero attached hydrogens (tertiary/aromatic N) is 3. The van der Waals surface area contributed by atoms with E-state index in [1.54, 1.807) is 6.92 Å². The number of amides is 1. The van der Waals surface area contributed by atoms with Crippen LogP contribution in [0.25, 0.3) is 0 Å². The predicted octanol–water partition coefficient (Wildman–Crippen LogP) is 3.63. The first kappa shape index (κ1) is 18.6. The number of nitro groups is 1. The van der Waals surface area contributed by atoms with Gasteiger partial charge in [-0.2, -0.15) is 4.68 Å². The van der Waals surface area contributed by atoms with Crippen LogP contribution in [0.2, 0.25) is 0 Å². The summed E-state index contributed by atoms with van der Waals surface area (Å²) in [5.74, 6) is -0.426. The summed E-state index contributed by atoms with van der Waals surface area (Å²) < 4.78 is 1.44. The van der Waals surface area contributed by atoms with Gasteiger partial charge in [0.15, 0.2) is 6.04 Å². The van der Waals surface area contributed by atoms with Gasteiger partial charge in [0, 0.05) is 0 Å². The van der Waals surface area contributed by atoms with Gasteiger partial charge >= 0.3 is 5.82 Å². The minimum Gasteiger partial charge on any atom is -0.358 e. The molecule has 0 fully saturated rings. The molecule has 1 amide bonds. The molecule has 0 aliphatic carbocycles. The molecule has 1 aromatic carbocycles. The molecule has 7 heteroatoms. The number of carbonyl (C=O) groups excluding carboxylic acids is 1. The first-order valence-corrected chi connectivity index (χ1v) is 8.44. The Morgan fingerprint density at radius 1 is 1.24 bits per heavy atom. The van der Waals surface area contributed by atoms with Gasteiger partial charge < -0.3 is 15.4 Å². The van der Waals surface area contributed by atoms with Crippen LogP contribution in [0, 0.1) is 24.0 Å². The third-order valence-electron chi connectivity index (χ3n) is 4.29. The summed E-state index contributed by atoms with van der Waals surface area (Å²) in [6.07, 6.45) is 1.25. The molecule has 2 unspecified atom stereocenters. The van der Waals surface area contributed by atoms with Crippen molar-refractivity contribution in [2.45, 2.75) is 52.6 Å². The minimum absolute atomic E-state index is 0.104. The number of hydrogen-bond donors (Lipinski definition) is 1. The fraction of sp³-hybridized carbons (Fsp3) is 0.444. The molecular formula is C18H24N4O3. The van der Waals surface area contributed by atoms with Gasteiger partial charge in [0.25, 0.3) is 0 Å². The summed E-state index contributed by atoms with van der Waals surface area (Å²) in [7, 11) is 0. The number of aryl methyl sites for hydroxylation is 2. The zero-order valence-electron chi connectivity index (χ0n) is 15.0. The Morgan fingerprint density at radius 3 is 2.36 bits per heavy atom. The fourth-order valence-corrected chi connectivity index (χ4v) is 2.83. The smallest absolute Gasteiger partial charge is 0.358 e. The molecule has 0 bridgehead atoms. The standard InChI is InChI=1S/C18H24N4O3/c1-5-15(14-9-7-12(3)8-10-14)19-18(23)16(6-2)21-13(4)11-17(20-21)22(24)25/h7-11,15-16H,5-6H2,1-4H3,(H,19,23). The maximum absolute atomic E-state index is 12.8. The third kappa shape index (κ3) is 4.23. The maximum Gasteiger partial charge on any atom is 0.390 e. The Bertz CT molecular complexity index is 752. The van der Waals surface area contributed by atoms with Crippen LogP contribution >= 0.6 is 0 Å². The van der Waals surface area contributed by atoms with Crippen molar-refractivity contribution in [3.05, 3.63) is 57.3 Å². The number of nitrogens with one attached hydrogen (secondary N) is 1. The lowest BCUT2D eigenvalue weighted by Crippen LogP contribution is -2.35. The van der Waals surface area contributed by atoms with Crippen LogP contribution in [-0.4, -0.2) is 20.6 Å². The number of aromatic nitrogens is 2. The maximum atomic E-state index is 12.8. The van der Waals surface area contributed by atoms with E-state index in [2.05, 4.69) is 10.4 Å². The van der Waals surface area contributed by atoms with Crippen molar-refractivity contribution >= 4 is 11.7 Å². The van der Waals surface area contributed by atoms with E-state index in [0.717, 1.165) is 17.5 Å². The van der Waals surface area contributed by atoms with Crippen molar-refractivity contribution < 1.29 is 9.72 Å². The highest BCUT2D eigenvalue weighted by atomic mass is 16.6. The van der Waals surface area contributed by atoms with Crippen molar-refractivity contribution in [1.29, 1.82) is 0 Å². The summed E-state index contributed by atoms with van der Waals surface area (Å²) in [5, 5.41) is 17.9.